The van der Waals surface area contributed by atoms with E-state index in [4.69, 9.17) is 19.5 Å². The summed E-state index contributed by atoms with van der Waals surface area (Å²) in [6.07, 6.45) is -0.321. The summed E-state index contributed by atoms with van der Waals surface area (Å²) in [6, 6.07) is 65.9. The van der Waals surface area contributed by atoms with Crippen molar-refractivity contribution in [1.82, 2.24) is 5.32 Å². The van der Waals surface area contributed by atoms with Crippen molar-refractivity contribution in [2.45, 2.75) is 21.4 Å². The van der Waals surface area contributed by atoms with Crippen LogP contribution in [0, 0.1) is 0 Å². The summed E-state index contributed by atoms with van der Waals surface area (Å²) in [7, 11) is 0. The highest BCUT2D eigenvalue weighted by molar-refractivity contribution is 7.99. The van der Waals surface area contributed by atoms with Crippen LogP contribution in [0.25, 0.3) is 22.3 Å². The topological polar surface area (TPSA) is 55.2 Å². The molecule has 1 atom stereocenters. The van der Waals surface area contributed by atoms with Crippen LogP contribution in [0.1, 0.15) is 45.1 Å². The average molecular weight is 764 g/mol. The molecule has 1 aliphatic carbocycles. The highest BCUT2D eigenvalue weighted by Gasteiger charge is 2.51. The maximum atomic E-state index is 7.22. The summed E-state index contributed by atoms with van der Waals surface area (Å²) < 4.78 is 13.8. The minimum absolute atomic E-state index is 0.321. The van der Waals surface area contributed by atoms with Gasteiger partial charge in [-0.2, -0.15) is 0 Å². The van der Waals surface area contributed by atoms with Crippen LogP contribution in [0.5, 0.6) is 23.0 Å². The molecule has 1 unspecified atom stereocenters. The van der Waals surface area contributed by atoms with Crippen molar-refractivity contribution in [1.29, 1.82) is 0 Å². The summed E-state index contributed by atoms with van der Waals surface area (Å²) in [5.41, 5.74) is 11.7. The van der Waals surface area contributed by atoms with E-state index in [2.05, 4.69) is 157 Å². The van der Waals surface area contributed by atoms with Crippen molar-refractivity contribution >= 4 is 23.4 Å². The Morgan fingerprint density at radius 1 is 0.466 bits per heavy atom. The lowest BCUT2D eigenvalue weighted by molar-refractivity contribution is 0.436. The van der Waals surface area contributed by atoms with Gasteiger partial charge in [0.25, 0.3) is 0 Å². The molecule has 0 radical (unpaired) electrons. The molecular formula is C52H33N3O2S. The summed E-state index contributed by atoms with van der Waals surface area (Å²) in [4.78, 5) is 12.3. The van der Waals surface area contributed by atoms with Crippen LogP contribution < -0.4 is 14.8 Å². The highest BCUT2D eigenvalue weighted by Crippen LogP contribution is 2.64. The van der Waals surface area contributed by atoms with Crippen LogP contribution in [0.3, 0.4) is 0 Å². The Labute approximate surface area is 340 Å². The molecule has 12 rings (SSSR count). The molecule has 3 heterocycles. The highest BCUT2D eigenvalue weighted by atomic mass is 32.2. The van der Waals surface area contributed by atoms with Gasteiger partial charge in [-0.3, -0.25) is 0 Å². The monoisotopic (exact) mass is 763 g/mol. The van der Waals surface area contributed by atoms with E-state index in [1.807, 2.05) is 36.4 Å². The zero-order valence-corrected chi connectivity index (χ0v) is 31.9. The van der Waals surface area contributed by atoms with E-state index in [1.165, 1.54) is 22.3 Å². The standard InChI is InChI=1S/C52H33N3O2S/c1-3-16-32(17-4-1)49-53-50(33-18-5-2-6-19-33)55-51(54-49)37-23-15-31-45-48(37)57-47-35(22-14-30-44(47)58-45)34-21-13-27-41-46(34)36-20-7-8-24-38(36)52(41)39-25-9-11-28-42(39)56-43-29-12-10-26-40(43)52/h1-31,49H,(H,53,54,55). The minimum atomic E-state index is -0.560. The molecular weight excluding hydrogens is 731 g/mol. The third-order valence-electron chi connectivity index (χ3n) is 11.7. The van der Waals surface area contributed by atoms with Crippen molar-refractivity contribution < 1.29 is 9.47 Å². The van der Waals surface area contributed by atoms with Crippen molar-refractivity contribution in [3.63, 3.8) is 0 Å². The van der Waals surface area contributed by atoms with Crippen LogP contribution in [0.4, 0.5) is 0 Å². The summed E-state index contributed by atoms with van der Waals surface area (Å²) >= 11 is 1.73. The van der Waals surface area contributed by atoms with E-state index in [9.17, 15) is 0 Å². The molecule has 0 saturated heterocycles. The number of ether oxygens (including phenoxy) is 2. The zero-order valence-electron chi connectivity index (χ0n) is 31.1. The maximum Gasteiger partial charge on any atom is 0.159 e. The number of hydrogen-bond acceptors (Lipinski definition) is 6. The molecule has 8 aromatic rings. The first-order chi connectivity index (χ1) is 28.8. The molecule has 274 valence electrons. The van der Waals surface area contributed by atoms with E-state index in [-0.39, 0.29) is 6.17 Å². The normalized spacial score (nSPS) is 16.1. The van der Waals surface area contributed by atoms with Crippen molar-refractivity contribution in [2.75, 3.05) is 0 Å². The van der Waals surface area contributed by atoms with Crippen LogP contribution in [0.15, 0.2) is 208 Å². The summed E-state index contributed by atoms with van der Waals surface area (Å²) in [6.45, 7) is 0. The number of para-hydroxylation sites is 4. The first-order valence-electron chi connectivity index (χ1n) is 19.5. The Hall–Kier alpha value is -7.15. The molecule has 4 aliphatic rings. The molecule has 58 heavy (non-hydrogen) atoms. The molecule has 0 saturated carbocycles. The van der Waals surface area contributed by atoms with Gasteiger partial charge in [0, 0.05) is 22.3 Å². The van der Waals surface area contributed by atoms with Gasteiger partial charge in [0.2, 0.25) is 0 Å². The Bertz CT molecular complexity index is 2980. The Kier molecular flexibility index (Phi) is 7.37. The molecule has 8 aromatic carbocycles. The average Bonchev–Trinajstić information content (AvgIpc) is 3.59. The number of hydrogen-bond donors (Lipinski definition) is 1. The number of aliphatic imine (C=N–C) groups is 2. The molecule has 0 amide bonds. The van der Waals surface area contributed by atoms with Crippen molar-refractivity contribution in [3.05, 3.63) is 227 Å². The molecule has 6 heteroatoms. The fourth-order valence-electron chi connectivity index (χ4n) is 9.26. The first-order valence-corrected chi connectivity index (χ1v) is 20.3. The number of fused-ring (bicyclic) bond motifs is 11. The van der Waals surface area contributed by atoms with Gasteiger partial charge in [-0.05, 0) is 63.7 Å². The number of amidine groups is 2. The van der Waals surface area contributed by atoms with Crippen LogP contribution in [-0.2, 0) is 5.41 Å². The van der Waals surface area contributed by atoms with Crippen LogP contribution in [-0.4, -0.2) is 11.7 Å². The lowest BCUT2D eigenvalue weighted by Crippen LogP contribution is -2.34. The van der Waals surface area contributed by atoms with Gasteiger partial charge in [0.1, 0.15) is 29.2 Å². The van der Waals surface area contributed by atoms with Gasteiger partial charge >= 0.3 is 0 Å². The van der Waals surface area contributed by atoms with Crippen LogP contribution >= 0.6 is 11.8 Å². The fourth-order valence-corrected chi connectivity index (χ4v) is 10.3. The van der Waals surface area contributed by atoms with Gasteiger partial charge in [-0.25, -0.2) is 9.98 Å². The second-order valence-electron chi connectivity index (χ2n) is 14.8. The molecule has 1 spiro atoms. The minimum Gasteiger partial charge on any atom is -0.457 e. The van der Waals surface area contributed by atoms with Gasteiger partial charge < -0.3 is 14.8 Å². The number of rotatable bonds is 4. The second-order valence-corrected chi connectivity index (χ2v) is 15.9. The van der Waals surface area contributed by atoms with E-state index < -0.39 is 5.41 Å². The molecule has 0 bridgehead atoms. The first kappa shape index (κ1) is 33.0. The molecule has 3 aliphatic heterocycles. The number of benzene rings is 8. The second kappa shape index (κ2) is 12.9. The Morgan fingerprint density at radius 3 is 1.76 bits per heavy atom. The van der Waals surface area contributed by atoms with E-state index in [1.54, 1.807) is 11.8 Å². The van der Waals surface area contributed by atoms with Gasteiger partial charge in [0.05, 0.1) is 20.8 Å². The molecule has 0 aromatic heterocycles. The molecule has 1 N–H and O–H groups in total. The molecule has 0 fully saturated rings. The van der Waals surface area contributed by atoms with Crippen LogP contribution in [0.2, 0.25) is 0 Å². The predicted octanol–water partition coefficient (Wildman–Crippen LogP) is 12.6. The number of nitrogens with zero attached hydrogens (tertiary/aromatic N) is 2. The molecule has 5 nitrogen and oxygen atoms in total. The summed E-state index contributed by atoms with van der Waals surface area (Å²) in [5.74, 6) is 4.76. The largest absolute Gasteiger partial charge is 0.457 e. The van der Waals surface area contributed by atoms with Crippen molar-refractivity contribution in [2.24, 2.45) is 9.98 Å². The fraction of sp³-hybridized carbons (Fsp3) is 0.0385. The smallest absolute Gasteiger partial charge is 0.159 e. The van der Waals surface area contributed by atoms with E-state index >= 15 is 0 Å². The maximum absolute atomic E-state index is 7.22. The van der Waals surface area contributed by atoms with E-state index in [0.717, 1.165) is 77.6 Å². The quantitative estimate of drug-likeness (QED) is 0.194. The Balaban J connectivity index is 1.02. The SMILES string of the molecule is c1ccc(C2=NC(c3ccccc3)NC(c3cccc4c3Oc3c(cccc3-c3cccc5c3-c3ccccc3C53c5ccccc5Oc5ccccc53)S4)=N2)cc1. The lowest BCUT2D eigenvalue weighted by Gasteiger charge is -2.39. The summed E-state index contributed by atoms with van der Waals surface area (Å²) in [5, 5.41) is 3.66. The van der Waals surface area contributed by atoms with Gasteiger partial charge in [-0.1, -0.05) is 169 Å². The van der Waals surface area contributed by atoms with E-state index in [0.29, 0.717) is 5.84 Å². The predicted molar refractivity (Wildman–Crippen MR) is 232 cm³/mol. The zero-order chi connectivity index (χ0) is 38.2. The lowest BCUT2D eigenvalue weighted by atomic mass is 9.66. The third-order valence-corrected chi connectivity index (χ3v) is 12.8. The van der Waals surface area contributed by atoms with Crippen molar-refractivity contribution in [3.8, 4) is 45.3 Å². The third kappa shape index (κ3) is 4.85. The number of nitrogens with one attached hydrogen (secondary N) is 1. The van der Waals surface area contributed by atoms with Gasteiger partial charge in [0.15, 0.2) is 11.6 Å². The Morgan fingerprint density at radius 2 is 1.02 bits per heavy atom. The van der Waals surface area contributed by atoms with Gasteiger partial charge in [-0.15, -0.1) is 0 Å².